The summed E-state index contributed by atoms with van der Waals surface area (Å²) in [5.74, 6) is 1.01. The van der Waals surface area contributed by atoms with E-state index in [2.05, 4.69) is 53.4 Å². The average molecular weight is 444 g/mol. The molecule has 1 saturated heterocycles. The molecule has 1 N–H and O–H groups in total. The van der Waals surface area contributed by atoms with Crippen LogP contribution in [0.5, 0.6) is 0 Å². The zero-order valence-electron chi connectivity index (χ0n) is 14.7. The Morgan fingerprint density at radius 3 is 2.83 bits per heavy atom. The molecule has 0 spiro atoms. The molecular formula is C18H29IN4O. The minimum absolute atomic E-state index is 0. The number of benzene rings is 1. The van der Waals surface area contributed by atoms with Crippen molar-refractivity contribution in [2.24, 2.45) is 4.99 Å². The van der Waals surface area contributed by atoms with Crippen LogP contribution in [-0.2, 0) is 17.7 Å². The lowest BCUT2D eigenvalue weighted by Gasteiger charge is -2.33. The Labute approximate surface area is 162 Å². The normalized spacial score (nSPS) is 21.8. The van der Waals surface area contributed by atoms with E-state index < -0.39 is 0 Å². The van der Waals surface area contributed by atoms with Gasteiger partial charge in [0.1, 0.15) is 0 Å². The molecule has 1 aromatic rings. The number of likely N-dealkylation sites (N-methyl/N-ethyl adjacent to an activating group) is 1. The second-order valence-corrected chi connectivity index (χ2v) is 6.39. The van der Waals surface area contributed by atoms with Gasteiger partial charge in [-0.1, -0.05) is 24.3 Å². The van der Waals surface area contributed by atoms with Gasteiger partial charge in [-0.15, -0.1) is 24.0 Å². The second-order valence-electron chi connectivity index (χ2n) is 6.39. The third-order valence-electron chi connectivity index (χ3n) is 4.55. The summed E-state index contributed by atoms with van der Waals surface area (Å²) in [7, 11) is 2.14. The van der Waals surface area contributed by atoms with Crippen LogP contribution < -0.4 is 5.32 Å². The third-order valence-corrected chi connectivity index (χ3v) is 4.55. The first-order chi connectivity index (χ1) is 11.3. The number of nitrogens with zero attached hydrogens (tertiary/aromatic N) is 3. The van der Waals surface area contributed by atoms with Gasteiger partial charge in [0.15, 0.2) is 5.96 Å². The molecular weight excluding hydrogens is 415 g/mol. The lowest BCUT2D eigenvalue weighted by molar-refractivity contribution is -0.0137. The van der Waals surface area contributed by atoms with Gasteiger partial charge in [-0.3, -0.25) is 4.99 Å². The molecule has 0 bridgehead atoms. The molecule has 1 atom stereocenters. The number of hydrogen-bond donors (Lipinski definition) is 1. The number of aliphatic imine (C=N–C) groups is 1. The van der Waals surface area contributed by atoms with Crippen LogP contribution in [0, 0.1) is 0 Å². The molecule has 24 heavy (non-hydrogen) atoms. The van der Waals surface area contributed by atoms with E-state index in [0.717, 1.165) is 58.3 Å². The minimum atomic E-state index is 0. The smallest absolute Gasteiger partial charge is 0.194 e. The summed E-state index contributed by atoms with van der Waals surface area (Å²) >= 11 is 0. The number of rotatable bonds is 3. The summed E-state index contributed by atoms with van der Waals surface area (Å²) in [6, 6.07) is 8.72. The molecule has 1 unspecified atom stereocenters. The fourth-order valence-electron chi connectivity index (χ4n) is 3.27. The zero-order chi connectivity index (χ0) is 16.1. The molecule has 0 radical (unpaired) electrons. The maximum absolute atomic E-state index is 5.83. The highest BCUT2D eigenvalue weighted by atomic mass is 127. The van der Waals surface area contributed by atoms with Gasteiger partial charge in [-0.05, 0) is 31.5 Å². The van der Waals surface area contributed by atoms with Crippen LogP contribution in [0.15, 0.2) is 29.3 Å². The highest BCUT2D eigenvalue weighted by Gasteiger charge is 2.21. The van der Waals surface area contributed by atoms with E-state index in [4.69, 9.17) is 9.73 Å². The number of guanidine groups is 1. The number of morpholine rings is 1. The topological polar surface area (TPSA) is 40.1 Å². The molecule has 2 aliphatic rings. The van der Waals surface area contributed by atoms with Crippen LogP contribution in [0.1, 0.15) is 18.1 Å². The van der Waals surface area contributed by atoms with Crippen molar-refractivity contribution in [2.45, 2.75) is 26.0 Å². The highest BCUT2D eigenvalue weighted by molar-refractivity contribution is 14.0. The van der Waals surface area contributed by atoms with Crippen molar-refractivity contribution >= 4 is 29.9 Å². The Hall–Kier alpha value is -0.860. The standard InChI is InChI=1S/C18H28N4O.HI/c1-3-19-18(20-12-17-14-21(2)10-11-23-17)22-9-8-15-6-4-5-7-16(15)13-22;/h4-7,17H,3,8-14H2,1-2H3,(H,19,20);1H. The number of hydrogen-bond acceptors (Lipinski definition) is 3. The molecule has 1 fully saturated rings. The van der Waals surface area contributed by atoms with E-state index in [-0.39, 0.29) is 30.1 Å². The summed E-state index contributed by atoms with van der Waals surface area (Å²) in [5, 5.41) is 3.44. The van der Waals surface area contributed by atoms with E-state index in [1.54, 1.807) is 0 Å². The lowest BCUT2D eigenvalue weighted by atomic mass is 10.0. The van der Waals surface area contributed by atoms with Crippen molar-refractivity contribution in [1.29, 1.82) is 0 Å². The van der Waals surface area contributed by atoms with E-state index in [1.807, 2.05) is 0 Å². The van der Waals surface area contributed by atoms with Gasteiger partial charge < -0.3 is 19.9 Å². The van der Waals surface area contributed by atoms with Crippen molar-refractivity contribution in [2.75, 3.05) is 46.4 Å². The first-order valence-corrected chi connectivity index (χ1v) is 8.66. The van der Waals surface area contributed by atoms with Gasteiger partial charge in [0.2, 0.25) is 0 Å². The van der Waals surface area contributed by atoms with Crippen molar-refractivity contribution in [3.63, 3.8) is 0 Å². The summed E-state index contributed by atoms with van der Waals surface area (Å²) in [5.41, 5.74) is 2.88. The molecule has 0 saturated carbocycles. The first-order valence-electron chi connectivity index (χ1n) is 8.66. The molecule has 1 aromatic carbocycles. The van der Waals surface area contributed by atoms with Crippen LogP contribution in [0.2, 0.25) is 0 Å². The summed E-state index contributed by atoms with van der Waals surface area (Å²) in [6.45, 7) is 8.49. The zero-order valence-corrected chi connectivity index (χ0v) is 17.0. The monoisotopic (exact) mass is 444 g/mol. The van der Waals surface area contributed by atoms with Gasteiger partial charge in [0.25, 0.3) is 0 Å². The number of halogens is 1. The molecule has 134 valence electrons. The van der Waals surface area contributed by atoms with Gasteiger partial charge in [-0.2, -0.15) is 0 Å². The van der Waals surface area contributed by atoms with Gasteiger partial charge in [0.05, 0.1) is 19.3 Å². The molecule has 0 aromatic heterocycles. The molecule has 2 heterocycles. The Balaban J connectivity index is 0.00000208. The van der Waals surface area contributed by atoms with E-state index >= 15 is 0 Å². The fraction of sp³-hybridized carbons (Fsp3) is 0.611. The number of ether oxygens (including phenoxy) is 1. The van der Waals surface area contributed by atoms with Gasteiger partial charge in [0, 0.05) is 32.7 Å². The minimum Gasteiger partial charge on any atom is -0.374 e. The quantitative estimate of drug-likeness (QED) is 0.440. The van der Waals surface area contributed by atoms with Crippen molar-refractivity contribution in [3.8, 4) is 0 Å². The molecule has 3 rings (SSSR count). The average Bonchev–Trinajstić information content (AvgIpc) is 2.58. The van der Waals surface area contributed by atoms with Crippen molar-refractivity contribution < 1.29 is 4.74 Å². The molecule has 6 heteroatoms. The third kappa shape index (κ3) is 5.07. The SMILES string of the molecule is CCNC(=NCC1CN(C)CCO1)N1CCc2ccccc2C1.I. The van der Waals surface area contributed by atoms with Crippen molar-refractivity contribution in [1.82, 2.24) is 15.1 Å². The molecule has 0 amide bonds. The summed E-state index contributed by atoms with van der Waals surface area (Å²) in [4.78, 5) is 9.52. The van der Waals surface area contributed by atoms with Crippen LogP contribution in [0.3, 0.4) is 0 Å². The lowest BCUT2D eigenvalue weighted by Crippen LogP contribution is -2.45. The van der Waals surface area contributed by atoms with Crippen LogP contribution in [0.25, 0.3) is 0 Å². The summed E-state index contributed by atoms with van der Waals surface area (Å²) in [6.07, 6.45) is 1.29. The Kier molecular flexibility index (Phi) is 7.77. The van der Waals surface area contributed by atoms with E-state index in [9.17, 15) is 0 Å². The Bertz CT molecular complexity index is 552. The highest BCUT2D eigenvalue weighted by Crippen LogP contribution is 2.18. The maximum atomic E-state index is 5.83. The molecule has 5 nitrogen and oxygen atoms in total. The van der Waals surface area contributed by atoms with Crippen LogP contribution >= 0.6 is 24.0 Å². The summed E-state index contributed by atoms with van der Waals surface area (Å²) < 4.78 is 5.83. The van der Waals surface area contributed by atoms with Crippen LogP contribution in [-0.4, -0.2) is 68.2 Å². The largest absolute Gasteiger partial charge is 0.374 e. The fourth-order valence-corrected chi connectivity index (χ4v) is 3.27. The Morgan fingerprint density at radius 1 is 1.29 bits per heavy atom. The predicted octanol–water partition coefficient (Wildman–Crippen LogP) is 1.96. The van der Waals surface area contributed by atoms with Crippen molar-refractivity contribution in [3.05, 3.63) is 35.4 Å². The van der Waals surface area contributed by atoms with Crippen LogP contribution in [0.4, 0.5) is 0 Å². The second kappa shape index (κ2) is 9.58. The predicted molar refractivity (Wildman–Crippen MR) is 109 cm³/mol. The molecule has 2 aliphatic heterocycles. The van der Waals surface area contributed by atoms with E-state index in [0.29, 0.717) is 0 Å². The Morgan fingerprint density at radius 2 is 2.08 bits per heavy atom. The van der Waals surface area contributed by atoms with Gasteiger partial charge >= 0.3 is 0 Å². The molecule has 0 aliphatic carbocycles. The van der Waals surface area contributed by atoms with E-state index in [1.165, 1.54) is 11.1 Å². The number of fused-ring (bicyclic) bond motifs is 1. The maximum Gasteiger partial charge on any atom is 0.194 e. The van der Waals surface area contributed by atoms with Gasteiger partial charge in [-0.25, -0.2) is 0 Å². The first kappa shape index (κ1) is 19.5. The number of nitrogens with one attached hydrogen (secondary N) is 1.